The second-order valence-electron chi connectivity index (χ2n) is 9.66. The van der Waals surface area contributed by atoms with Gasteiger partial charge in [0.15, 0.2) is 11.5 Å². The summed E-state index contributed by atoms with van der Waals surface area (Å²) in [7, 11) is 1.61. The molecule has 190 valence electrons. The van der Waals surface area contributed by atoms with Gasteiger partial charge in [-0.2, -0.15) is 0 Å². The monoisotopic (exact) mass is 484 g/mol. The molecule has 35 heavy (non-hydrogen) atoms. The number of rotatable bonds is 10. The lowest BCUT2D eigenvalue weighted by molar-refractivity contribution is -0.123. The van der Waals surface area contributed by atoms with E-state index in [0.29, 0.717) is 42.6 Å². The molecule has 8 nitrogen and oxygen atoms in total. The van der Waals surface area contributed by atoms with Crippen LogP contribution in [0.2, 0.25) is 0 Å². The summed E-state index contributed by atoms with van der Waals surface area (Å²) >= 11 is 0. The fourth-order valence-electron chi connectivity index (χ4n) is 4.65. The second kappa shape index (κ2) is 11.2. The van der Waals surface area contributed by atoms with Crippen molar-refractivity contribution in [2.24, 2.45) is 0 Å². The van der Waals surface area contributed by atoms with Gasteiger partial charge in [0.1, 0.15) is 30.8 Å². The highest BCUT2D eigenvalue weighted by Gasteiger charge is 2.36. The number of aliphatic hydroxyl groups excluding tert-OH is 1. The Morgan fingerprint density at radius 2 is 1.83 bits per heavy atom. The third kappa shape index (κ3) is 6.38. The summed E-state index contributed by atoms with van der Waals surface area (Å²) in [6, 6.07) is 12.2. The van der Waals surface area contributed by atoms with E-state index in [1.165, 1.54) is 0 Å². The lowest BCUT2D eigenvalue weighted by Crippen LogP contribution is -2.51. The summed E-state index contributed by atoms with van der Waals surface area (Å²) in [5, 5.41) is 14.4. The van der Waals surface area contributed by atoms with Crippen LogP contribution < -0.4 is 24.3 Å². The SMILES string of the molecule is COc1ccc(OCCC(=O)N[C@H](CN2CCCC2(C)C)[C@@H](O)c2ccc3c(c2)OCCO3)cc1. The Labute approximate surface area is 207 Å². The zero-order chi connectivity index (χ0) is 24.8. The van der Waals surface area contributed by atoms with E-state index in [2.05, 4.69) is 24.1 Å². The molecule has 2 aromatic rings. The number of hydrogen-bond acceptors (Lipinski definition) is 7. The van der Waals surface area contributed by atoms with Crippen LogP contribution in [0.1, 0.15) is 44.8 Å². The molecule has 0 radical (unpaired) electrons. The van der Waals surface area contributed by atoms with E-state index in [9.17, 15) is 9.90 Å². The first-order valence-electron chi connectivity index (χ1n) is 12.2. The maximum Gasteiger partial charge on any atom is 0.223 e. The number of benzene rings is 2. The molecule has 0 spiro atoms. The van der Waals surface area contributed by atoms with Gasteiger partial charge in [-0.15, -0.1) is 0 Å². The van der Waals surface area contributed by atoms with Crippen molar-refractivity contribution in [2.45, 2.75) is 50.8 Å². The number of nitrogens with zero attached hydrogens (tertiary/aromatic N) is 1. The van der Waals surface area contributed by atoms with Gasteiger partial charge < -0.3 is 29.4 Å². The number of hydrogen-bond donors (Lipinski definition) is 2. The summed E-state index contributed by atoms with van der Waals surface area (Å²) in [6.45, 7) is 7.12. The summed E-state index contributed by atoms with van der Waals surface area (Å²) < 4.78 is 22.2. The third-order valence-electron chi connectivity index (χ3n) is 6.78. The van der Waals surface area contributed by atoms with Gasteiger partial charge in [0, 0.05) is 12.1 Å². The van der Waals surface area contributed by atoms with Gasteiger partial charge in [0.2, 0.25) is 5.91 Å². The van der Waals surface area contributed by atoms with Crippen molar-refractivity contribution in [2.75, 3.05) is 40.0 Å². The van der Waals surface area contributed by atoms with Gasteiger partial charge in [-0.25, -0.2) is 0 Å². The van der Waals surface area contributed by atoms with Crippen LogP contribution in [0.25, 0.3) is 0 Å². The van der Waals surface area contributed by atoms with Crippen molar-refractivity contribution >= 4 is 5.91 Å². The van der Waals surface area contributed by atoms with E-state index in [0.717, 1.165) is 25.1 Å². The smallest absolute Gasteiger partial charge is 0.223 e. The van der Waals surface area contributed by atoms with Crippen molar-refractivity contribution in [3.63, 3.8) is 0 Å². The minimum Gasteiger partial charge on any atom is -0.497 e. The molecule has 1 amide bonds. The predicted octanol–water partition coefficient (Wildman–Crippen LogP) is 3.33. The zero-order valence-electron chi connectivity index (χ0n) is 20.8. The number of fused-ring (bicyclic) bond motifs is 1. The Bertz CT molecular complexity index is 994. The van der Waals surface area contributed by atoms with Gasteiger partial charge >= 0.3 is 0 Å². The molecule has 0 bridgehead atoms. The lowest BCUT2D eigenvalue weighted by atomic mass is 9.98. The minimum atomic E-state index is -0.895. The minimum absolute atomic E-state index is 0.0208. The summed E-state index contributed by atoms with van der Waals surface area (Å²) in [5.74, 6) is 2.54. The molecule has 2 aromatic carbocycles. The fourth-order valence-corrected chi connectivity index (χ4v) is 4.65. The molecule has 2 N–H and O–H groups in total. The summed E-state index contributed by atoms with van der Waals surface area (Å²) in [4.78, 5) is 15.2. The van der Waals surface area contributed by atoms with Crippen molar-refractivity contribution in [1.82, 2.24) is 10.2 Å². The number of likely N-dealkylation sites (tertiary alicyclic amines) is 1. The molecule has 2 aliphatic heterocycles. The van der Waals surface area contributed by atoms with Gasteiger partial charge in [-0.3, -0.25) is 9.69 Å². The van der Waals surface area contributed by atoms with Crippen LogP contribution in [0.3, 0.4) is 0 Å². The Morgan fingerprint density at radius 1 is 1.11 bits per heavy atom. The highest BCUT2D eigenvalue weighted by molar-refractivity contribution is 5.76. The van der Waals surface area contributed by atoms with Crippen molar-refractivity contribution in [1.29, 1.82) is 0 Å². The molecule has 2 atom stereocenters. The van der Waals surface area contributed by atoms with E-state index >= 15 is 0 Å². The Hall–Kier alpha value is -2.97. The first-order valence-corrected chi connectivity index (χ1v) is 12.2. The van der Waals surface area contributed by atoms with Crippen molar-refractivity contribution in [3.05, 3.63) is 48.0 Å². The maximum absolute atomic E-state index is 12.9. The van der Waals surface area contributed by atoms with E-state index < -0.39 is 12.1 Å². The zero-order valence-corrected chi connectivity index (χ0v) is 20.8. The van der Waals surface area contributed by atoms with Gasteiger partial charge in [0.05, 0.1) is 26.2 Å². The molecule has 2 heterocycles. The average molecular weight is 485 g/mol. The molecule has 0 saturated carbocycles. The Kier molecular flexibility index (Phi) is 8.03. The number of carbonyl (C=O) groups excluding carboxylic acids is 1. The lowest BCUT2D eigenvalue weighted by Gasteiger charge is -2.36. The quantitative estimate of drug-likeness (QED) is 0.535. The molecule has 2 aliphatic rings. The summed E-state index contributed by atoms with van der Waals surface area (Å²) in [5.41, 5.74) is 0.707. The van der Waals surface area contributed by atoms with E-state index in [-0.39, 0.29) is 24.5 Å². The number of aliphatic hydroxyl groups is 1. The van der Waals surface area contributed by atoms with E-state index in [1.54, 1.807) is 25.3 Å². The van der Waals surface area contributed by atoms with Crippen LogP contribution in [0.4, 0.5) is 0 Å². The first-order chi connectivity index (χ1) is 16.9. The topological polar surface area (TPSA) is 89.5 Å². The van der Waals surface area contributed by atoms with Crippen LogP contribution in [0, 0.1) is 0 Å². The maximum atomic E-state index is 12.9. The number of carbonyl (C=O) groups is 1. The molecule has 0 unspecified atom stereocenters. The van der Waals surface area contributed by atoms with Crippen LogP contribution in [-0.2, 0) is 4.79 Å². The van der Waals surface area contributed by atoms with Gasteiger partial charge in [-0.05, 0) is 75.2 Å². The van der Waals surface area contributed by atoms with E-state index in [1.807, 2.05) is 24.3 Å². The number of amides is 1. The van der Waals surface area contributed by atoms with Crippen molar-refractivity contribution < 1.29 is 28.8 Å². The second-order valence-corrected chi connectivity index (χ2v) is 9.66. The molecule has 0 aromatic heterocycles. The predicted molar refractivity (Wildman–Crippen MR) is 132 cm³/mol. The number of nitrogens with one attached hydrogen (secondary N) is 1. The normalized spacial score (nSPS) is 18.5. The molecule has 4 rings (SSSR count). The number of ether oxygens (including phenoxy) is 4. The van der Waals surface area contributed by atoms with E-state index in [4.69, 9.17) is 18.9 Å². The molecule has 8 heteroatoms. The molecular weight excluding hydrogens is 448 g/mol. The molecular formula is C27H36N2O6. The first kappa shape index (κ1) is 25.1. The van der Waals surface area contributed by atoms with Crippen molar-refractivity contribution in [3.8, 4) is 23.0 Å². The largest absolute Gasteiger partial charge is 0.497 e. The standard InChI is InChI=1S/C27H36N2O6/c1-27(2)12-4-13-29(27)18-22(26(31)19-5-10-23-24(17-19)35-16-15-34-23)28-25(30)11-14-33-21-8-6-20(32-3)7-9-21/h5-10,17,22,26,31H,4,11-16,18H2,1-3H3,(H,28,30)/t22-,26+/m1/s1. The third-order valence-corrected chi connectivity index (χ3v) is 6.78. The van der Waals surface area contributed by atoms with Crippen LogP contribution in [-0.4, -0.2) is 67.5 Å². The molecule has 0 aliphatic carbocycles. The highest BCUT2D eigenvalue weighted by Crippen LogP contribution is 2.34. The number of methoxy groups -OCH3 is 1. The average Bonchev–Trinajstić information content (AvgIpc) is 3.20. The van der Waals surface area contributed by atoms with Gasteiger partial charge in [-0.1, -0.05) is 6.07 Å². The van der Waals surface area contributed by atoms with Crippen LogP contribution in [0.5, 0.6) is 23.0 Å². The molecule has 1 fully saturated rings. The Morgan fingerprint density at radius 3 is 2.51 bits per heavy atom. The highest BCUT2D eigenvalue weighted by atomic mass is 16.6. The fraction of sp³-hybridized carbons (Fsp3) is 0.519. The molecule has 1 saturated heterocycles. The van der Waals surface area contributed by atoms with Gasteiger partial charge in [0.25, 0.3) is 0 Å². The van der Waals surface area contributed by atoms with Crippen LogP contribution >= 0.6 is 0 Å². The summed E-state index contributed by atoms with van der Waals surface area (Å²) in [6.07, 6.45) is 1.47. The van der Waals surface area contributed by atoms with Crippen LogP contribution in [0.15, 0.2) is 42.5 Å². The Balaban J connectivity index is 1.41.